The molecule has 0 saturated heterocycles. The maximum atomic E-state index is 12.9. The molecule has 28 heavy (non-hydrogen) atoms. The van der Waals surface area contributed by atoms with Crippen LogP contribution in [-0.2, 0) is 0 Å². The molecule has 0 atom stereocenters. The smallest absolute Gasteiger partial charge is 0.294 e. The van der Waals surface area contributed by atoms with Gasteiger partial charge in [-0.3, -0.25) is 4.79 Å². The molecule has 0 bridgehead atoms. The summed E-state index contributed by atoms with van der Waals surface area (Å²) in [7, 11) is 1.51. The van der Waals surface area contributed by atoms with E-state index in [1.165, 1.54) is 13.2 Å². The number of rotatable bonds is 7. The van der Waals surface area contributed by atoms with Crippen LogP contribution in [0.3, 0.4) is 0 Å². The largest absolute Gasteiger partial charge is 0.490 e. The van der Waals surface area contributed by atoms with Gasteiger partial charge in [0, 0.05) is 6.07 Å². The molecule has 0 aliphatic rings. The van der Waals surface area contributed by atoms with Crippen LogP contribution in [-0.4, -0.2) is 19.3 Å². The van der Waals surface area contributed by atoms with E-state index in [-0.39, 0.29) is 29.0 Å². The van der Waals surface area contributed by atoms with E-state index in [1.54, 1.807) is 18.2 Å². The minimum absolute atomic E-state index is 0.0832. The van der Waals surface area contributed by atoms with Gasteiger partial charge in [0.05, 0.1) is 25.4 Å². The van der Waals surface area contributed by atoms with Crippen molar-refractivity contribution in [2.75, 3.05) is 7.11 Å². The summed E-state index contributed by atoms with van der Waals surface area (Å²) in [6.07, 6.45) is -0.278. The lowest BCUT2D eigenvalue weighted by Gasteiger charge is -2.20. The Kier molecular flexibility index (Phi) is 5.78. The summed E-state index contributed by atoms with van der Waals surface area (Å²) < 4.78 is 28.8. The minimum Gasteiger partial charge on any atom is -0.490 e. The van der Waals surface area contributed by atoms with Gasteiger partial charge >= 0.3 is 0 Å². The maximum absolute atomic E-state index is 12.9. The van der Waals surface area contributed by atoms with E-state index >= 15 is 0 Å². The van der Waals surface area contributed by atoms with E-state index in [1.807, 2.05) is 45.9 Å². The van der Waals surface area contributed by atoms with Gasteiger partial charge < -0.3 is 23.4 Å². The van der Waals surface area contributed by atoms with Gasteiger partial charge in [0.25, 0.3) is 5.95 Å². The van der Waals surface area contributed by atoms with Crippen molar-refractivity contribution in [1.82, 2.24) is 0 Å². The SMILES string of the molecule is COc1c(OC(C)C)cc2oc(Oc3ccccc3)cc(=O)c2c1OC(C)C. The highest BCUT2D eigenvalue weighted by molar-refractivity contribution is 5.89. The lowest BCUT2D eigenvalue weighted by molar-refractivity contribution is 0.210. The van der Waals surface area contributed by atoms with Crippen LogP contribution in [0.1, 0.15) is 27.7 Å². The molecule has 2 aromatic carbocycles. The molecule has 3 aromatic rings. The van der Waals surface area contributed by atoms with Crippen LogP contribution in [0.25, 0.3) is 11.0 Å². The zero-order valence-electron chi connectivity index (χ0n) is 16.6. The number of ether oxygens (including phenoxy) is 4. The van der Waals surface area contributed by atoms with E-state index < -0.39 is 0 Å². The fourth-order valence-corrected chi connectivity index (χ4v) is 2.76. The molecule has 3 rings (SSSR count). The third-order valence-electron chi connectivity index (χ3n) is 3.75. The van der Waals surface area contributed by atoms with E-state index in [4.69, 9.17) is 23.4 Å². The van der Waals surface area contributed by atoms with Crippen molar-refractivity contribution < 1.29 is 23.4 Å². The summed E-state index contributed by atoms with van der Waals surface area (Å²) in [6.45, 7) is 7.54. The molecule has 148 valence electrons. The molecule has 0 radical (unpaired) electrons. The molecular formula is C22H24O6. The van der Waals surface area contributed by atoms with Crippen LogP contribution in [0.4, 0.5) is 0 Å². The normalized spacial score (nSPS) is 11.1. The van der Waals surface area contributed by atoms with Crippen molar-refractivity contribution in [1.29, 1.82) is 0 Å². The van der Waals surface area contributed by atoms with Gasteiger partial charge in [-0.05, 0) is 39.8 Å². The first-order valence-corrected chi connectivity index (χ1v) is 9.14. The quantitative estimate of drug-likeness (QED) is 0.560. The van der Waals surface area contributed by atoms with E-state index in [9.17, 15) is 4.79 Å². The second-order valence-corrected chi connectivity index (χ2v) is 6.79. The van der Waals surface area contributed by atoms with Gasteiger partial charge in [0.1, 0.15) is 16.7 Å². The molecule has 0 saturated carbocycles. The standard InChI is InChI=1S/C22H24O6/c1-13(2)25-18-12-17-20(22(21(18)24-5)26-14(3)4)16(23)11-19(28-17)27-15-9-7-6-8-10-15/h6-14H,1-5H3. The third kappa shape index (κ3) is 4.22. The summed E-state index contributed by atoms with van der Waals surface area (Å²) in [6, 6.07) is 12.0. The van der Waals surface area contributed by atoms with E-state index in [0.29, 0.717) is 28.6 Å². The summed E-state index contributed by atoms with van der Waals surface area (Å²) in [4.78, 5) is 12.9. The fraction of sp³-hybridized carbons (Fsp3) is 0.318. The summed E-state index contributed by atoms with van der Waals surface area (Å²) >= 11 is 0. The van der Waals surface area contributed by atoms with Gasteiger partial charge in [0.2, 0.25) is 11.2 Å². The number of hydrogen-bond acceptors (Lipinski definition) is 6. The minimum atomic E-state index is -0.294. The van der Waals surface area contributed by atoms with Crippen molar-refractivity contribution >= 4 is 11.0 Å². The number of benzene rings is 2. The van der Waals surface area contributed by atoms with Crippen LogP contribution >= 0.6 is 0 Å². The molecule has 1 aromatic heterocycles. The Bertz CT molecular complexity index is 1000. The number of hydrogen-bond donors (Lipinski definition) is 0. The number of para-hydroxylation sites is 1. The summed E-state index contributed by atoms with van der Waals surface area (Å²) in [5.41, 5.74) is 0.00255. The van der Waals surface area contributed by atoms with Crippen LogP contribution in [0.5, 0.6) is 28.9 Å². The average Bonchev–Trinajstić information content (AvgIpc) is 2.61. The van der Waals surface area contributed by atoms with Crippen LogP contribution < -0.4 is 24.4 Å². The Labute approximate surface area is 163 Å². The van der Waals surface area contributed by atoms with Crippen LogP contribution in [0, 0.1) is 0 Å². The summed E-state index contributed by atoms with van der Waals surface area (Å²) in [5.74, 6) is 1.74. The zero-order valence-corrected chi connectivity index (χ0v) is 16.6. The molecule has 0 aliphatic heterocycles. The highest BCUT2D eigenvalue weighted by atomic mass is 16.6. The molecule has 0 fully saturated rings. The van der Waals surface area contributed by atoms with Gasteiger partial charge in [-0.1, -0.05) is 18.2 Å². The first kappa shape index (κ1) is 19.6. The molecule has 6 nitrogen and oxygen atoms in total. The second kappa shape index (κ2) is 8.25. The molecule has 0 spiro atoms. The first-order valence-electron chi connectivity index (χ1n) is 9.14. The highest BCUT2D eigenvalue weighted by Gasteiger charge is 2.23. The average molecular weight is 384 g/mol. The number of fused-ring (bicyclic) bond motifs is 1. The van der Waals surface area contributed by atoms with Crippen LogP contribution in [0.2, 0.25) is 0 Å². The zero-order chi connectivity index (χ0) is 20.3. The van der Waals surface area contributed by atoms with Crippen molar-refractivity contribution in [3.63, 3.8) is 0 Å². The monoisotopic (exact) mass is 384 g/mol. The first-order chi connectivity index (χ1) is 13.4. The van der Waals surface area contributed by atoms with Crippen molar-refractivity contribution in [2.24, 2.45) is 0 Å². The van der Waals surface area contributed by atoms with Crippen molar-refractivity contribution in [3.05, 3.63) is 52.7 Å². The molecule has 0 amide bonds. The Morgan fingerprint density at radius 3 is 2.18 bits per heavy atom. The van der Waals surface area contributed by atoms with Gasteiger partial charge in [-0.2, -0.15) is 0 Å². The number of methoxy groups -OCH3 is 1. The summed E-state index contributed by atoms with van der Waals surface area (Å²) in [5, 5.41) is 0.280. The Balaban J connectivity index is 2.20. The molecule has 0 unspecified atom stereocenters. The van der Waals surface area contributed by atoms with Crippen molar-refractivity contribution in [3.8, 4) is 28.9 Å². The third-order valence-corrected chi connectivity index (χ3v) is 3.75. The maximum Gasteiger partial charge on any atom is 0.294 e. The molecule has 0 N–H and O–H groups in total. The lowest BCUT2D eigenvalue weighted by Crippen LogP contribution is -2.13. The molecule has 6 heteroatoms. The predicted octanol–water partition coefficient (Wildman–Crippen LogP) is 5.17. The van der Waals surface area contributed by atoms with Gasteiger partial charge in [-0.25, -0.2) is 0 Å². The van der Waals surface area contributed by atoms with Gasteiger partial charge in [-0.15, -0.1) is 0 Å². The molecular weight excluding hydrogens is 360 g/mol. The van der Waals surface area contributed by atoms with E-state index in [2.05, 4.69) is 0 Å². The van der Waals surface area contributed by atoms with E-state index in [0.717, 1.165) is 0 Å². The highest BCUT2D eigenvalue weighted by Crippen LogP contribution is 2.44. The van der Waals surface area contributed by atoms with Crippen LogP contribution in [0.15, 0.2) is 51.7 Å². The topological polar surface area (TPSA) is 67.1 Å². The Morgan fingerprint density at radius 1 is 0.893 bits per heavy atom. The molecule has 0 aliphatic carbocycles. The Hall–Kier alpha value is -3.15. The Morgan fingerprint density at radius 2 is 1.57 bits per heavy atom. The predicted molar refractivity (Wildman–Crippen MR) is 107 cm³/mol. The molecule has 1 heterocycles. The fourth-order valence-electron chi connectivity index (χ4n) is 2.76. The second-order valence-electron chi connectivity index (χ2n) is 6.79. The lowest BCUT2D eigenvalue weighted by atomic mass is 10.1. The van der Waals surface area contributed by atoms with Crippen molar-refractivity contribution in [2.45, 2.75) is 39.9 Å². The van der Waals surface area contributed by atoms with Gasteiger partial charge in [0.15, 0.2) is 11.5 Å².